The number of carbonyl (C=O) groups is 3. The van der Waals surface area contributed by atoms with Crippen LogP contribution in [0.2, 0.25) is 0 Å². The second kappa shape index (κ2) is 11.0. The third-order valence-electron chi connectivity index (χ3n) is 4.39. The van der Waals surface area contributed by atoms with Crippen molar-refractivity contribution in [3.8, 4) is 11.5 Å². The van der Waals surface area contributed by atoms with Crippen LogP contribution in [0.1, 0.15) is 31.1 Å². The lowest BCUT2D eigenvalue weighted by Gasteiger charge is -2.17. The molecule has 0 unspecified atom stereocenters. The highest BCUT2D eigenvalue weighted by Crippen LogP contribution is 2.25. The zero-order chi connectivity index (χ0) is 23.7. The minimum Gasteiger partial charge on any atom is -0.497 e. The molecule has 0 spiro atoms. The molecule has 2 aromatic rings. The molecule has 0 bridgehead atoms. The Morgan fingerprint density at radius 2 is 1.34 bits per heavy atom. The topological polar surface area (TPSA) is 118 Å². The van der Waals surface area contributed by atoms with Crippen LogP contribution in [0.3, 0.4) is 0 Å². The van der Waals surface area contributed by atoms with Crippen LogP contribution < -0.4 is 30.7 Å². The molecule has 0 aliphatic carbocycles. The molecule has 0 aliphatic rings. The molecule has 0 radical (unpaired) electrons. The molecule has 9 nitrogen and oxygen atoms in total. The Kier molecular flexibility index (Phi) is 8.46. The number of benzene rings is 2. The summed E-state index contributed by atoms with van der Waals surface area (Å²) in [5.41, 5.74) is 1.08. The van der Waals surface area contributed by atoms with Crippen LogP contribution in [-0.2, 0) is 4.79 Å². The molecule has 9 heteroatoms. The van der Waals surface area contributed by atoms with Gasteiger partial charge in [0, 0.05) is 53.6 Å². The number of ether oxygens (including phenoxy) is 2. The highest BCUT2D eigenvalue weighted by Gasteiger charge is 2.21. The quantitative estimate of drug-likeness (QED) is 0.468. The van der Waals surface area contributed by atoms with Crippen LogP contribution in [0.5, 0.6) is 11.5 Å². The van der Waals surface area contributed by atoms with E-state index in [4.69, 9.17) is 9.47 Å². The summed E-state index contributed by atoms with van der Waals surface area (Å²) in [6, 6.07) is 11.2. The van der Waals surface area contributed by atoms with Gasteiger partial charge in [-0.3, -0.25) is 9.59 Å². The Balaban J connectivity index is 1.77. The predicted octanol–water partition coefficient (Wildman–Crippen LogP) is 3.24. The van der Waals surface area contributed by atoms with Gasteiger partial charge in [0.2, 0.25) is 5.91 Å². The number of hydrogen-bond donors (Lipinski definition) is 4. The van der Waals surface area contributed by atoms with Crippen molar-refractivity contribution < 1.29 is 23.9 Å². The number of carbonyl (C=O) groups excluding carboxylic acids is 3. The standard InChI is InChI=1S/C23H30N4O5/c1-23(2,3)21(29)26-16-8-6-15(7-9-16)20(28)24-10-11-25-22(30)27-17-12-18(31-4)14-19(13-17)32-5/h6-9,12-14H,10-11H2,1-5H3,(H,24,28)(H,26,29)(H2,25,27,30). The maximum atomic E-state index is 12.3. The summed E-state index contributed by atoms with van der Waals surface area (Å²) in [4.78, 5) is 36.4. The molecule has 172 valence electrons. The van der Waals surface area contributed by atoms with Crippen LogP contribution >= 0.6 is 0 Å². The maximum absolute atomic E-state index is 12.3. The van der Waals surface area contributed by atoms with E-state index in [0.717, 1.165) is 0 Å². The Hall–Kier alpha value is -3.75. The SMILES string of the molecule is COc1cc(NC(=O)NCCNC(=O)c2ccc(NC(=O)C(C)(C)C)cc2)cc(OC)c1. The summed E-state index contributed by atoms with van der Waals surface area (Å²) in [5.74, 6) is 0.719. The van der Waals surface area contributed by atoms with Gasteiger partial charge in [0.25, 0.3) is 5.91 Å². The van der Waals surface area contributed by atoms with Crippen LogP contribution in [0.4, 0.5) is 16.2 Å². The normalized spacial score (nSPS) is 10.7. The largest absolute Gasteiger partial charge is 0.497 e. The van der Waals surface area contributed by atoms with E-state index in [2.05, 4.69) is 21.3 Å². The molecule has 2 aromatic carbocycles. The van der Waals surface area contributed by atoms with Crippen molar-refractivity contribution in [2.24, 2.45) is 5.41 Å². The Bertz CT molecular complexity index is 930. The van der Waals surface area contributed by atoms with Crippen molar-refractivity contribution in [1.29, 1.82) is 0 Å². The first kappa shape index (κ1) is 24.5. The molecular formula is C23H30N4O5. The zero-order valence-corrected chi connectivity index (χ0v) is 19.0. The maximum Gasteiger partial charge on any atom is 0.319 e. The Morgan fingerprint density at radius 1 is 0.781 bits per heavy atom. The summed E-state index contributed by atoms with van der Waals surface area (Å²) in [6.07, 6.45) is 0. The van der Waals surface area contributed by atoms with E-state index >= 15 is 0 Å². The van der Waals surface area contributed by atoms with Crippen molar-refractivity contribution in [3.05, 3.63) is 48.0 Å². The van der Waals surface area contributed by atoms with Crippen molar-refractivity contribution in [2.75, 3.05) is 37.9 Å². The first-order chi connectivity index (χ1) is 15.1. The van der Waals surface area contributed by atoms with Crippen LogP contribution in [0.15, 0.2) is 42.5 Å². The van der Waals surface area contributed by atoms with Gasteiger partial charge in [0.1, 0.15) is 11.5 Å². The van der Waals surface area contributed by atoms with E-state index in [1.165, 1.54) is 14.2 Å². The first-order valence-electron chi connectivity index (χ1n) is 10.1. The third-order valence-corrected chi connectivity index (χ3v) is 4.39. The molecule has 32 heavy (non-hydrogen) atoms. The van der Waals surface area contributed by atoms with Crippen LogP contribution in [0, 0.1) is 5.41 Å². The second-order valence-corrected chi connectivity index (χ2v) is 8.02. The fourth-order valence-corrected chi connectivity index (χ4v) is 2.53. The van der Waals surface area contributed by atoms with Crippen molar-refractivity contribution in [3.63, 3.8) is 0 Å². The lowest BCUT2D eigenvalue weighted by molar-refractivity contribution is -0.123. The number of amides is 4. The smallest absolute Gasteiger partial charge is 0.319 e. The number of urea groups is 1. The van der Waals surface area contributed by atoms with Crippen molar-refractivity contribution in [2.45, 2.75) is 20.8 Å². The number of hydrogen-bond acceptors (Lipinski definition) is 5. The average molecular weight is 443 g/mol. The summed E-state index contributed by atoms with van der Waals surface area (Å²) in [6.45, 7) is 5.96. The fraction of sp³-hybridized carbons (Fsp3) is 0.348. The summed E-state index contributed by atoms with van der Waals surface area (Å²) in [7, 11) is 3.05. The molecule has 4 N–H and O–H groups in total. The van der Waals surface area contributed by atoms with Gasteiger partial charge < -0.3 is 30.7 Å². The van der Waals surface area contributed by atoms with Gasteiger partial charge in [0.15, 0.2) is 0 Å². The molecular weight excluding hydrogens is 412 g/mol. The monoisotopic (exact) mass is 442 g/mol. The summed E-state index contributed by atoms with van der Waals surface area (Å²) in [5, 5.41) is 10.9. The minimum atomic E-state index is -0.506. The summed E-state index contributed by atoms with van der Waals surface area (Å²) >= 11 is 0. The minimum absolute atomic E-state index is 0.105. The molecule has 0 heterocycles. The van der Waals surface area contributed by atoms with E-state index < -0.39 is 11.4 Å². The highest BCUT2D eigenvalue weighted by molar-refractivity contribution is 5.97. The third kappa shape index (κ3) is 7.50. The highest BCUT2D eigenvalue weighted by atomic mass is 16.5. The molecule has 4 amide bonds. The number of methoxy groups -OCH3 is 2. The van der Waals surface area contributed by atoms with E-state index in [0.29, 0.717) is 28.4 Å². The predicted molar refractivity (Wildman–Crippen MR) is 123 cm³/mol. The van der Waals surface area contributed by atoms with Crippen molar-refractivity contribution in [1.82, 2.24) is 10.6 Å². The van der Waals surface area contributed by atoms with Crippen LogP contribution in [-0.4, -0.2) is 45.2 Å². The van der Waals surface area contributed by atoms with E-state index in [-0.39, 0.29) is 24.9 Å². The molecule has 0 fully saturated rings. The molecule has 0 saturated heterocycles. The van der Waals surface area contributed by atoms with Gasteiger partial charge in [-0.1, -0.05) is 20.8 Å². The number of rotatable bonds is 8. The van der Waals surface area contributed by atoms with E-state index in [1.807, 2.05) is 20.8 Å². The van der Waals surface area contributed by atoms with Crippen LogP contribution in [0.25, 0.3) is 0 Å². The molecule has 0 aromatic heterocycles. The first-order valence-corrected chi connectivity index (χ1v) is 10.1. The number of anilines is 2. The van der Waals surface area contributed by atoms with E-state index in [9.17, 15) is 14.4 Å². The van der Waals surface area contributed by atoms with Gasteiger partial charge in [-0.25, -0.2) is 4.79 Å². The Labute approximate surface area is 187 Å². The van der Waals surface area contributed by atoms with Gasteiger partial charge in [0.05, 0.1) is 14.2 Å². The van der Waals surface area contributed by atoms with Gasteiger partial charge in [-0.2, -0.15) is 0 Å². The lowest BCUT2D eigenvalue weighted by atomic mass is 9.95. The Morgan fingerprint density at radius 3 is 1.88 bits per heavy atom. The average Bonchev–Trinajstić information content (AvgIpc) is 2.76. The van der Waals surface area contributed by atoms with Gasteiger partial charge in [-0.05, 0) is 24.3 Å². The second-order valence-electron chi connectivity index (χ2n) is 8.02. The number of nitrogens with one attached hydrogen (secondary N) is 4. The molecule has 0 atom stereocenters. The van der Waals surface area contributed by atoms with E-state index in [1.54, 1.807) is 42.5 Å². The molecule has 2 rings (SSSR count). The van der Waals surface area contributed by atoms with Gasteiger partial charge >= 0.3 is 6.03 Å². The van der Waals surface area contributed by atoms with Gasteiger partial charge in [-0.15, -0.1) is 0 Å². The summed E-state index contributed by atoms with van der Waals surface area (Å²) < 4.78 is 10.3. The lowest BCUT2D eigenvalue weighted by Crippen LogP contribution is -2.36. The zero-order valence-electron chi connectivity index (χ0n) is 19.0. The van der Waals surface area contributed by atoms with Crippen molar-refractivity contribution >= 4 is 29.2 Å². The molecule has 0 saturated carbocycles. The fourth-order valence-electron chi connectivity index (χ4n) is 2.53. The molecule has 0 aliphatic heterocycles.